The number of hydrogen-bond donors (Lipinski definition) is 1. The summed E-state index contributed by atoms with van der Waals surface area (Å²) in [6, 6.07) is 2.11. The van der Waals surface area contributed by atoms with Crippen molar-refractivity contribution in [1.82, 2.24) is 20.1 Å². The Hall–Kier alpha value is -1.91. The maximum absolute atomic E-state index is 12.1. The fraction of sp³-hybridized carbons (Fsp3) is 0.562. The number of nitrogens with one attached hydrogen (secondary N) is 1. The average Bonchev–Trinajstić information content (AvgIpc) is 2.90. The van der Waals surface area contributed by atoms with Gasteiger partial charge in [0, 0.05) is 24.2 Å². The molecule has 2 aromatic rings. The average molecular weight is 288 g/mol. The summed E-state index contributed by atoms with van der Waals surface area (Å²) >= 11 is 0. The molecule has 0 unspecified atom stereocenters. The van der Waals surface area contributed by atoms with Crippen molar-refractivity contribution in [3.63, 3.8) is 0 Å². The first-order valence-electron chi connectivity index (χ1n) is 7.75. The zero-order valence-corrected chi connectivity index (χ0v) is 13.1. The normalized spacial score (nSPS) is 11.2. The first kappa shape index (κ1) is 15.5. The van der Waals surface area contributed by atoms with E-state index >= 15 is 0 Å². The van der Waals surface area contributed by atoms with E-state index < -0.39 is 0 Å². The standard InChI is InChI=1S/C16H24N4O/c1-4-5-6-7-8-17-16(21)14-9-13-11-19-20(12(2)3)15(13)18-10-14/h9-12H,4-8H2,1-3H3,(H,17,21). The van der Waals surface area contributed by atoms with Gasteiger partial charge in [-0.3, -0.25) is 4.79 Å². The van der Waals surface area contributed by atoms with Crippen molar-refractivity contribution in [1.29, 1.82) is 0 Å². The van der Waals surface area contributed by atoms with Crippen LogP contribution in [0.1, 0.15) is 62.9 Å². The van der Waals surface area contributed by atoms with Crippen LogP contribution >= 0.6 is 0 Å². The van der Waals surface area contributed by atoms with Crippen LogP contribution in [0.15, 0.2) is 18.5 Å². The number of pyridine rings is 1. The Morgan fingerprint density at radius 3 is 2.81 bits per heavy atom. The molecule has 21 heavy (non-hydrogen) atoms. The summed E-state index contributed by atoms with van der Waals surface area (Å²) in [5.74, 6) is -0.0572. The highest BCUT2D eigenvalue weighted by atomic mass is 16.1. The van der Waals surface area contributed by atoms with Gasteiger partial charge in [-0.25, -0.2) is 9.67 Å². The van der Waals surface area contributed by atoms with Crippen LogP contribution in [0.2, 0.25) is 0 Å². The monoisotopic (exact) mass is 288 g/mol. The number of aromatic nitrogens is 3. The molecule has 2 heterocycles. The van der Waals surface area contributed by atoms with E-state index in [1.807, 2.05) is 10.7 Å². The zero-order valence-electron chi connectivity index (χ0n) is 13.1. The largest absolute Gasteiger partial charge is 0.352 e. The number of fused-ring (bicyclic) bond motifs is 1. The van der Waals surface area contributed by atoms with Gasteiger partial charge in [-0.15, -0.1) is 0 Å². The maximum atomic E-state index is 12.1. The number of carbonyl (C=O) groups is 1. The second kappa shape index (κ2) is 7.20. The summed E-state index contributed by atoms with van der Waals surface area (Å²) in [6.07, 6.45) is 8.01. The molecule has 5 nitrogen and oxygen atoms in total. The summed E-state index contributed by atoms with van der Waals surface area (Å²) in [6.45, 7) is 7.02. The Kier molecular flexibility index (Phi) is 5.31. The quantitative estimate of drug-likeness (QED) is 0.795. The van der Waals surface area contributed by atoms with Crippen LogP contribution in [0.25, 0.3) is 11.0 Å². The topological polar surface area (TPSA) is 59.8 Å². The van der Waals surface area contributed by atoms with Gasteiger partial charge in [0.15, 0.2) is 5.65 Å². The van der Waals surface area contributed by atoms with Gasteiger partial charge in [0.25, 0.3) is 5.91 Å². The van der Waals surface area contributed by atoms with Crippen LogP contribution in [0.4, 0.5) is 0 Å². The molecule has 0 saturated carbocycles. The van der Waals surface area contributed by atoms with E-state index in [1.165, 1.54) is 12.8 Å². The van der Waals surface area contributed by atoms with Gasteiger partial charge < -0.3 is 5.32 Å². The molecule has 5 heteroatoms. The molecule has 0 aliphatic carbocycles. The molecule has 0 aromatic carbocycles. The molecule has 0 spiro atoms. The SMILES string of the molecule is CCCCCCNC(=O)c1cnc2c(cnn2C(C)C)c1. The molecular formula is C16H24N4O. The van der Waals surface area contributed by atoms with Gasteiger partial charge in [0.05, 0.1) is 11.8 Å². The molecule has 0 fully saturated rings. The number of hydrogen-bond acceptors (Lipinski definition) is 3. The van der Waals surface area contributed by atoms with E-state index in [4.69, 9.17) is 0 Å². The van der Waals surface area contributed by atoms with Crippen molar-refractivity contribution in [2.75, 3.05) is 6.54 Å². The lowest BCUT2D eigenvalue weighted by Crippen LogP contribution is -2.24. The van der Waals surface area contributed by atoms with Gasteiger partial charge in [-0.2, -0.15) is 5.10 Å². The number of nitrogens with zero attached hydrogens (tertiary/aromatic N) is 3. The molecule has 0 saturated heterocycles. The first-order valence-corrected chi connectivity index (χ1v) is 7.75. The van der Waals surface area contributed by atoms with Crippen molar-refractivity contribution in [2.45, 2.75) is 52.5 Å². The van der Waals surface area contributed by atoms with Crippen LogP contribution in [-0.2, 0) is 0 Å². The summed E-state index contributed by atoms with van der Waals surface area (Å²) in [5.41, 5.74) is 1.42. The second-order valence-corrected chi connectivity index (χ2v) is 5.64. The summed E-state index contributed by atoms with van der Waals surface area (Å²) < 4.78 is 1.86. The lowest BCUT2D eigenvalue weighted by atomic mass is 10.2. The summed E-state index contributed by atoms with van der Waals surface area (Å²) in [4.78, 5) is 16.5. The van der Waals surface area contributed by atoms with E-state index in [2.05, 4.69) is 36.2 Å². The third-order valence-electron chi connectivity index (χ3n) is 3.50. The second-order valence-electron chi connectivity index (χ2n) is 5.64. The molecule has 0 radical (unpaired) electrons. The van der Waals surface area contributed by atoms with E-state index in [-0.39, 0.29) is 11.9 Å². The van der Waals surface area contributed by atoms with Gasteiger partial charge in [0.1, 0.15) is 0 Å². The van der Waals surface area contributed by atoms with Crippen molar-refractivity contribution in [2.24, 2.45) is 0 Å². The van der Waals surface area contributed by atoms with Crippen LogP contribution in [0, 0.1) is 0 Å². The zero-order chi connectivity index (χ0) is 15.2. The Morgan fingerprint density at radius 2 is 2.10 bits per heavy atom. The molecule has 0 aliphatic heterocycles. The minimum atomic E-state index is -0.0572. The van der Waals surface area contributed by atoms with E-state index in [9.17, 15) is 4.79 Å². The third-order valence-corrected chi connectivity index (χ3v) is 3.50. The van der Waals surface area contributed by atoms with Crippen molar-refractivity contribution in [3.8, 4) is 0 Å². The summed E-state index contributed by atoms with van der Waals surface area (Å²) in [7, 11) is 0. The molecule has 1 amide bonds. The number of unbranched alkanes of at least 4 members (excludes halogenated alkanes) is 3. The maximum Gasteiger partial charge on any atom is 0.252 e. The Morgan fingerprint density at radius 1 is 1.29 bits per heavy atom. The van der Waals surface area contributed by atoms with Gasteiger partial charge >= 0.3 is 0 Å². The van der Waals surface area contributed by atoms with Crippen LogP contribution in [-0.4, -0.2) is 27.2 Å². The molecule has 0 atom stereocenters. The Labute approximate surface area is 125 Å². The van der Waals surface area contributed by atoms with Crippen LogP contribution < -0.4 is 5.32 Å². The van der Waals surface area contributed by atoms with Crippen molar-refractivity contribution < 1.29 is 4.79 Å². The first-order chi connectivity index (χ1) is 10.1. The third kappa shape index (κ3) is 3.80. The van der Waals surface area contributed by atoms with E-state index in [0.717, 1.165) is 30.4 Å². The minimum Gasteiger partial charge on any atom is -0.352 e. The van der Waals surface area contributed by atoms with Gasteiger partial charge in [-0.05, 0) is 26.3 Å². The lowest BCUT2D eigenvalue weighted by molar-refractivity contribution is 0.0952. The number of rotatable bonds is 7. The van der Waals surface area contributed by atoms with E-state index in [1.54, 1.807) is 12.4 Å². The molecular weight excluding hydrogens is 264 g/mol. The fourth-order valence-corrected chi connectivity index (χ4v) is 2.30. The molecule has 2 rings (SSSR count). The fourth-order valence-electron chi connectivity index (χ4n) is 2.30. The smallest absolute Gasteiger partial charge is 0.252 e. The predicted octanol–water partition coefficient (Wildman–Crippen LogP) is 3.32. The lowest BCUT2D eigenvalue weighted by Gasteiger charge is -2.07. The Balaban J connectivity index is 2.00. The molecule has 2 aromatic heterocycles. The molecule has 114 valence electrons. The number of carbonyl (C=O) groups excluding carboxylic acids is 1. The highest BCUT2D eigenvalue weighted by Gasteiger charge is 2.11. The number of amides is 1. The van der Waals surface area contributed by atoms with Crippen molar-refractivity contribution in [3.05, 3.63) is 24.0 Å². The van der Waals surface area contributed by atoms with Crippen LogP contribution in [0.3, 0.4) is 0 Å². The van der Waals surface area contributed by atoms with Crippen molar-refractivity contribution >= 4 is 16.9 Å². The molecule has 0 aliphatic rings. The highest BCUT2D eigenvalue weighted by molar-refractivity contribution is 5.96. The summed E-state index contributed by atoms with van der Waals surface area (Å²) in [5, 5.41) is 8.16. The van der Waals surface area contributed by atoms with Gasteiger partial charge in [0.2, 0.25) is 0 Å². The molecule has 1 N–H and O–H groups in total. The minimum absolute atomic E-state index is 0.0572. The molecule has 0 bridgehead atoms. The van der Waals surface area contributed by atoms with E-state index in [0.29, 0.717) is 5.56 Å². The Bertz CT molecular complexity index is 603. The predicted molar refractivity (Wildman–Crippen MR) is 84.4 cm³/mol. The van der Waals surface area contributed by atoms with Crippen LogP contribution in [0.5, 0.6) is 0 Å². The van der Waals surface area contributed by atoms with Gasteiger partial charge in [-0.1, -0.05) is 26.2 Å². The highest BCUT2D eigenvalue weighted by Crippen LogP contribution is 2.16.